The fraction of sp³-hybridized carbons (Fsp3) is 0.526. The van der Waals surface area contributed by atoms with E-state index in [2.05, 4.69) is 50.9 Å². The SMILES string of the molecule is Cc1noc([C@]23CCC[C@H]2CN(Cc2cn4cccc(C)c4n2)C3)n1. The highest BCUT2D eigenvalue weighted by Crippen LogP contribution is 2.50. The minimum absolute atomic E-state index is 0.0519. The molecule has 0 unspecified atom stereocenters. The number of aryl methyl sites for hydroxylation is 2. The van der Waals surface area contributed by atoms with E-state index in [0.29, 0.717) is 5.92 Å². The Hall–Kier alpha value is -2.21. The van der Waals surface area contributed by atoms with Crippen molar-refractivity contribution in [3.05, 3.63) is 47.5 Å². The molecule has 1 aliphatic carbocycles. The summed E-state index contributed by atoms with van der Waals surface area (Å²) in [5, 5.41) is 4.04. The fourth-order valence-electron chi connectivity index (χ4n) is 4.87. The van der Waals surface area contributed by atoms with Gasteiger partial charge < -0.3 is 8.92 Å². The van der Waals surface area contributed by atoms with Crippen molar-refractivity contribution in [2.24, 2.45) is 5.92 Å². The van der Waals surface area contributed by atoms with E-state index in [1.807, 2.05) is 6.92 Å². The van der Waals surface area contributed by atoms with E-state index in [4.69, 9.17) is 9.51 Å². The lowest BCUT2D eigenvalue weighted by Gasteiger charge is -2.24. The summed E-state index contributed by atoms with van der Waals surface area (Å²) in [6.07, 6.45) is 7.88. The zero-order valence-electron chi connectivity index (χ0n) is 14.8. The van der Waals surface area contributed by atoms with Gasteiger partial charge in [0.1, 0.15) is 5.65 Å². The van der Waals surface area contributed by atoms with E-state index in [-0.39, 0.29) is 5.41 Å². The summed E-state index contributed by atoms with van der Waals surface area (Å²) in [4.78, 5) is 11.9. The van der Waals surface area contributed by atoms with Gasteiger partial charge in [0, 0.05) is 32.0 Å². The van der Waals surface area contributed by atoms with Gasteiger partial charge in [-0.25, -0.2) is 4.98 Å². The van der Waals surface area contributed by atoms with E-state index >= 15 is 0 Å². The number of hydrogen-bond acceptors (Lipinski definition) is 5. The Labute approximate surface area is 146 Å². The lowest BCUT2D eigenvalue weighted by Crippen LogP contribution is -2.32. The van der Waals surface area contributed by atoms with E-state index in [0.717, 1.165) is 49.1 Å². The maximum absolute atomic E-state index is 5.61. The first kappa shape index (κ1) is 15.1. The van der Waals surface area contributed by atoms with Crippen LogP contribution in [0.2, 0.25) is 0 Å². The fourth-order valence-corrected chi connectivity index (χ4v) is 4.87. The van der Waals surface area contributed by atoms with Gasteiger partial charge in [0.2, 0.25) is 5.89 Å². The normalized spacial score (nSPS) is 26.6. The van der Waals surface area contributed by atoms with Crippen LogP contribution >= 0.6 is 0 Å². The van der Waals surface area contributed by atoms with Crippen LogP contribution in [-0.2, 0) is 12.0 Å². The Bertz CT molecular complexity index is 929. The van der Waals surface area contributed by atoms with Gasteiger partial charge in [-0.05, 0) is 44.2 Å². The molecular formula is C19H23N5O. The van der Waals surface area contributed by atoms with Gasteiger partial charge in [0.05, 0.1) is 11.1 Å². The third-order valence-electron chi connectivity index (χ3n) is 6.01. The van der Waals surface area contributed by atoms with E-state index in [1.165, 1.54) is 18.4 Å². The van der Waals surface area contributed by atoms with Crippen molar-refractivity contribution in [1.82, 2.24) is 24.4 Å². The number of hydrogen-bond donors (Lipinski definition) is 0. The third-order valence-corrected chi connectivity index (χ3v) is 6.01. The smallest absolute Gasteiger partial charge is 0.234 e. The summed E-state index contributed by atoms with van der Waals surface area (Å²) in [6, 6.07) is 4.18. The zero-order valence-corrected chi connectivity index (χ0v) is 14.8. The molecule has 2 atom stereocenters. The van der Waals surface area contributed by atoms with Crippen molar-refractivity contribution in [1.29, 1.82) is 0 Å². The molecule has 130 valence electrons. The molecule has 6 nitrogen and oxygen atoms in total. The molecule has 1 saturated heterocycles. The van der Waals surface area contributed by atoms with Crippen molar-refractivity contribution in [2.45, 2.75) is 45.1 Å². The monoisotopic (exact) mass is 337 g/mol. The van der Waals surface area contributed by atoms with Crippen LogP contribution in [0.25, 0.3) is 5.65 Å². The van der Waals surface area contributed by atoms with Crippen LogP contribution in [-0.4, -0.2) is 37.5 Å². The van der Waals surface area contributed by atoms with Gasteiger partial charge in [0.15, 0.2) is 5.82 Å². The maximum atomic E-state index is 5.61. The van der Waals surface area contributed by atoms with Crippen molar-refractivity contribution in [3.8, 4) is 0 Å². The van der Waals surface area contributed by atoms with Gasteiger partial charge >= 0.3 is 0 Å². The Kier molecular flexibility index (Phi) is 3.25. The van der Waals surface area contributed by atoms with Crippen molar-refractivity contribution < 1.29 is 4.52 Å². The molecule has 0 aromatic carbocycles. The Morgan fingerprint density at radius 1 is 1.32 bits per heavy atom. The molecule has 4 heterocycles. The zero-order chi connectivity index (χ0) is 17.0. The molecule has 0 bridgehead atoms. The predicted molar refractivity (Wildman–Crippen MR) is 93.3 cm³/mol. The molecule has 6 heteroatoms. The number of pyridine rings is 1. The molecule has 1 aliphatic heterocycles. The molecule has 1 saturated carbocycles. The van der Waals surface area contributed by atoms with Crippen molar-refractivity contribution in [2.75, 3.05) is 13.1 Å². The summed E-state index contributed by atoms with van der Waals surface area (Å²) in [7, 11) is 0. The van der Waals surface area contributed by atoms with Crippen molar-refractivity contribution in [3.63, 3.8) is 0 Å². The molecule has 0 N–H and O–H groups in total. The molecular weight excluding hydrogens is 314 g/mol. The second-order valence-electron chi connectivity index (χ2n) is 7.72. The molecule has 25 heavy (non-hydrogen) atoms. The number of nitrogens with zero attached hydrogens (tertiary/aromatic N) is 5. The third kappa shape index (κ3) is 2.31. The average Bonchev–Trinajstić information content (AvgIpc) is 3.30. The van der Waals surface area contributed by atoms with Crippen LogP contribution < -0.4 is 0 Å². The first-order chi connectivity index (χ1) is 12.1. The van der Waals surface area contributed by atoms with Crippen LogP contribution in [0.15, 0.2) is 29.0 Å². The van der Waals surface area contributed by atoms with E-state index in [1.54, 1.807) is 0 Å². The van der Waals surface area contributed by atoms with E-state index in [9.17, 15) is 0 Å². The van der Waals surface area contributed by atoms with Crippen molar-refractivity contribution >= 4 is 5.65 Å². The van der Waals surface area contributed by atoms with E-state index < -0.39 is 0 Å². The Morgan fingerprint density at radius 3 is 3.04 bits per heavy atom. The first-order valence-corrected chi connectivity index (χ1v) is 9.10. The summed E-state index contributed by atoms with van der Waals surface area (Å²) >= 11 is 0. The highest BCUT2D eigenvalue weighted by atomic mass is 16.5. The number of aromatic nitrogens is 4. The standard InChI is InChI=1S/C19H23N5O/c1-13-5-4-8-24-11-16(21-17(13)24)10-23-9-15-6-3-7-19(15,12-23)18-20-14(2)22-25-18/h4-5,8,11,15H,3,6-7,9-10,12H2,1-2H3/t15-,19-/m0/s1. The predicted octanol–water partition coefficient (Wildman–Crippen LogP) is 2.89. The second kappa shape index (κ2) is 5.39. The summed E-state index contributed by atoms with van der Waals surface area (Å²) in [6.45, 7) is 6.98. The van der Waals surface area contributed by atoms with Gasteiger partial charge in [-0.2, -0.15) is 4.98 Å². The minimum atomic E-state index is 0.0519. The first-order valence-electron chi connectivity index (χ1n) is 9.10. The minimum Gasteiger partial charge on any atom is -0.339 e. The van der Waals surface area contributed by atoms with Crippen LogP contribution in [0.5, 0.6) is 0 Å². The van der Waals surface area contributed by atoms with Crippen LogP contribution in [0.3, 0.4) is 0 Å². The van der Waals surface area contributed by atoms with Gasteiger partial charge in [-0.3, -0.25) is 4.90 Å². The quantitative estimate of drug-likeness (QED) is 0.735. The largest absolute Gasteiger partial charge is 0.339 e. The average molecular weight is 337 g/mol. The lowest BCUT2D eigenvalue weighted by atomic mass is 9.80. The number of imidazole rings is 1. The second-order valence-corrected chi connectivity index (χ2v) is 7.72. The summed E-state index contributed by atoms with van der Waals surface area (Å²) in [5.74, 6) is 2.20. The molecule has 0 radical (unpaired) electrons. The topological polar surface area (TPSA) is 59.5 Å². The molecule has 0 amide bonds. The molecule has 2 aliphatic rings. The van der Waals surface area contributed by atoms with Gasteiger partial charge in [0.25, 0.3) is 0 Å². The Balaban J connectivity index is 1.41. The molecule has 3 aromatic heterocycles. The van der Waals surface area contributed by atoms with Crippen LogP contribution in [0, 0.1) is 19.8 Å². The summed E-state index contributed by atoms with van der Waals surface area (Å²) in [5.41, 5.74) is 3.45. The molecule has 0 spiro atoms. The summed E-state index contributed by atoms with van der Waals surface area (Å²) < 4.78 is 7.73. The highest BCUT2D eigenvalue weighted by Gasteiger charge is 2.54. The molecule has 3 aromatic rings. The maximum Gasteiger partial charge on any atom is 0.234 e. The molecule has 2 fully saturated rings. The van der Waals surface area contributed by atoms with Gasteiger partial charge in [-0.1, -0.05) is 17.6 Å². The van der Waals surface area contributed by atoms with Gasteiger partial charge in [-0.15, -0.1) is 0 Å². The highest BCUT2D eigenvalue weighted by molar-refractivity contribution is 5.47. The number of rotatable bonds is 3. The molecule has 5 rings (SSSR count). The van der Waals surface area contributed by atoms with Crippen LogP contribution in [0.1, 0.15) is 42.2 Å². The van der Waals surface area contributed by atoms with Crippen LogP contribution in [0.4, 0.5) is 0 Å². The Morgan fingerprint density at radius 2 is 2.24 bits per heavy atom. The lowest BCUT2D eigenvalue weighted by molar-refractivity contribution is 0.244. The number of likely N-dealkylation sites (tertiary alicyclic amines) is 1. The number of fused-ring (bicyclic) bond motifs is 2.